The minimum absolute atomic E-state index is 0.0110. The zero-order valence-electron chi connectivity index (χ0n) is 23.6. The van der Waals surface area contributed by atoms with Crippen molar-refractivity contribution in [1.29, 1.82) is 0 Å². The number of methoxy groups -OCH3 is 1. The number of esters is 1. The molecule has 3 atom stereocenters. The van der Waals surface area contributed by atoms with Crippen molar-refractivity contribution in [2.24, 2.45) is 11.3 Å². The highest BCUT2D eigenvalue weighted by Crippen LogP contribution is 2.42. The van der Waals surface area contributed by atoms with E-state index >= 15 is 0 Å². The van der Waals surface area contributed by atoms with Crippen LogP contribution in [0.25, 0.3) is 5.65 Å². The number of nitrogens with zero attached hydrogens (tertiary/aromatic N) is 3. The van der Waals surface area contributed by atoms with Gasteiger partial charge >= 0.3 is 18.2 Å². The number of halogens is 5. The lowest BCUT2D eigenvalue weighted by Gasteiger charge is -2.33. The summed E-state index contributed by atoms with van der Waals surface area (Å²) in [6, 6.07) is 8.83. The molecule has 3 aromatic rings. The molecule has 15 heteroatoms. The predicted molar refractivity (Wildman–Crippen MR) is 143 cm³/mol. The summed E-state index contributed by atoms with van der Waals surface area (Å²) in [6.07, 6.45) is -5.91. The van der Waals surface area contributed by atoms with E-state index in [1.54, 1.807) is 24.3 Å². The van der Waals surface area contributed by atoms with Crippen molar-refractivity contribution in [3.8, 4) is 0 Å². The van der Waals surface area contributed by atoms with Crippen LogP contribution in [0, 0.1) is 11.3 Å². The van der Waals surface area contributed by atoms with Gasteiger partial charge in [-0.25, -0.2) is 23.1 Å². The molecule has 2 aromatic heterocycles. The highest BCUT2D eigenvalue weighted by molar-refractivity contribution is 6.04. The van der Waals surface area contributed by atoms with Gasteiger partial charge in [0.25, 0.3) is 0 Å². The Labute approximate surface area is 248 Å². The number of aromatic nitrogens is 3. The zero-order valence-corrected chi connectivity index (χ0v) is 23.6. The third-order valence-corrected chi connectivity index (χ3v) is 8.18. The van der Waals surface area contributed by atoms with Gasteiger partial charge in [0.05, 0.1) is 30.7 Å². The number of hydrogen-bond donors (Lipinski definition) is 2. The Hall–Kier alpha value is -4.30. The number of hydrogen-bond acceptors (Lipinski definition) is 7. The summed E-state index contributed by atoms with van der Waals surface area (Å²) in [5.74, 6) is -5.45. The van der Waals surface area contributed by atoms with E-state index in [0.717, 1.165) is 12.7 Å². The molecule has 1 saturated heterocycles. The number of rotatable bonds is 8. The lowest BCUT2D eigenvalue weighted by atomic mass is 9.80. The standard InChI is InChI=1S/C29H30F5N5O5/c1-43-25(41)27(14-21(29(32,33)34)36-24(27)40)13-19-7-8-22-35-20(15-39(22)38-19)23(18-9-11-28(30,31)12-10-18)37-26(42)44-16-17-5-3-2-4-6-17/h2-8,15,18,21,23H,9-14,16H2,1H3,(H,36,40)(H,37,42)/t21-,23-,27?/m0/s1. The molecule has 0 bridgehead atoms. The largest absolute Gasteiger partial charge is 0.468 e. The van der Waals surface area contributed by atoms with E-state index < -0.39 is 66.3 Å². The van der Waals surface area contributed by atoms with E-state index in [9.17, 15) is 36.3 Å². The van der Waals surface area contributed by atoms with Crippen LogP contribution in [0.4, 0.5) is 26.7 Å². The van der Waals surface area contributed by atoms with Crippen LogP contribution in [0.15, 0.2) is 48.7 Å². The molecule has 10 nitrogen and oxygen atoms in total. The first-order valence-corrected chi connectivity index (χ1v) is 14.0. The molecule has 1 aromatic carbocycles. The molecule has 3 heterocycles. The monoisotopic (exact) mass is 623 g/mol. The Balaban J connectivity index is 1.40. The smallest absolute Gasteiger partial charge is 0.408 e. The van der Waals surface area contributed by atoms with E-state index in [0.29, 0.717) is 5.69 Å². The number of fused-ring (bicyclic) bond motifs is 1. The SMILES string of the molecule is COC(=O)C1(Cc2ccc3nc([C@@H](NC(=O)OCc4ccccc4)C4CCC(F)(F)CC4)cn3n2)C[C@@H](C(F)(F)F)NC1=O. The van der Waals surface area contributed by atoms with Crippen LogP contribution in [0.3, 0.4) is 0 Å². The number of imidazole rings is 1. The fraction of sp³-hybridized carbons (Fsp3) is 0.483. The minimum atomic E-state index is -4.77. The van der Waals surface area contributed by atoms with Gasteiger partial charge in [0, 0.05) is 25.7 Å². The lowest BCUT2D eigenvalue weighted by Crippen LogP contribution is -2.42. The Morgan fingerprint density at radius 2 is 1.84 bits per heavy atom. The molecule has 5 rings (SSSR count). The molecule has 1 unspecified atom stereocenters. The van der Waals surface area contributed by atoms with Crippen molar-refractivity contribution in [3.05, 3.63) is 65.6 Å². The summed E-state index contributed by atoms with van der Waals surface area (Å²) in [5, 5.41) is 8.97. The Bertz CT molecular complexity index is 1520. The maximum atomic E-state index is 14.0. The molecule has 1 saturated carbocycles. The second-order valence-corrected chi connectivity index (χ2v) is 11.2. The van der Waals surface area contributed by atoms with Gasteiger partial charge in [-0.1, -0.05) is 30.3 Å². The van der Waals surface area contributed by atoms with Crippen molar-refractivity contribution >= 4 is 23.6 Å². The number of alkyl carbamates (subject to hydrolysis) is 1. The van der Waals surface area contributed by atoms with Gasteiger partial charge in [-0.05, 0) is 36.5 Å². The van der Waals surface area contributed by atoms with E-state index in [1.165, 1.54) is 22.8 Å². The average Bonchev–Trinajstić information content (AvgIpc) is 3.56. The molecule has 44 heavy (non-hydrogen) atoms. The van der Waals surface area contributed by atoms with Crippen LogP contribution < -0.4 is 10.6 Å². The van der Waals surface area contributed by atoms with Gasteiger partial charge < -0.3 is 20.1 Å². The van der Waals surface area contributed by atoms with Crippen LogP contribution in [-0.4, -0.2) is 57.8 Å². The summed E-state index contributed by atoms with van der Waals surface area (Å²) < 4.78 is 79.5. The van der Waals surface area contributed by atoms with Gasteiger partial charge in [-0.3, -0.25) is 9.59 Å². The zero-order chi connectivity index (χ0) is 31.7. The third-order valence-electron chi connectivity index (χ3n) is 8.18. The second-order valence-electron chi connectivity index (χ2n) is 11.2. The molecule has 0 radical (unpaired) electrons. The third kappa shape index (κ3) is 6.60. The van der Waals surface area contributed by atoms with Crippen molar-refractivity contribution in [2.45, 2.75) is 69.3 Å². The number of nitrogens with one attached hydrogen (secondary N) is 2. The average molecular weight is 624 g/mol. The van der Waals surface area contributed by atoms with Crippen molar-refractivity contribution in [2.75, 3.05) is 7.11 Å². The number of benzene rings is 1. The summed E-state index contributed by atoms with van der Waals surface area (Å²) in [4.78, 5) is 42.7. The number of carbonyl (C=O) groups is 3. The highest BCUT2D eigenvalue weighted by atomic mass is 19.4. The summed E-state index contributed by atoms with van der Waals surface area (Å²) >= 11 is 0. The fourth-order valence-corrected chi connectivity index (χ4v) is 5.80. The minimum Gasteiger partial charge on any atom is -0.468 e. The maximum Gasteiger partial charge on any atom is 0.408 e. The molecule has 2 aliphatic rings. The van der Waals surface area contributed by atoms with E-state index in [1.807, 2.05) is 11.4 Å². The van der Waals surface area contributed by atoms with Crippen LogP contribution in [0.2, 0.25) is 0 Å². The number of ether oxygens (including phenoxy) is 2. The van der Waals surface area contributed by atoms with Gasteiger partial charge in [0.2, 0.25) is 11.8 Å². The lowest BCUT2D eigenvalue weighted by molar-refractivity contribution is -0.160. The van der Waals surface area contributed by atoms with Crippen molar-refractivity contribution in [1.82, 2.24) is 25.2 Å². The van der Waals surface area contributed by atoms with Crippen LogP contribution in [-0.2, 0) is 32.1 Å². The molecule has 2 N–H and O–H groups in total. The number of amides is 2. The highest BCUT2D eigenvalue weighted by Gasteiger charge is 2.60. The second kappa shape index (κ2) is 12.0. The molecule has 2 amide bonds. The van der Waals surface area contributed by atoms with Gasteiger partial charge in [0.15, 0.2) is 11.1 Å². The molecular weight excluding hydrogens is 593 g/mol. The summed E-state index contributed by atoms with van der Waals surface area (Å²) in [5.41, 5.74) is -0.707. The molecule has 0 spiro atoms. The quantitative estimate of drug-likeness (QED) is 0.212. The van der Waals surface area contributed by atoms with E-state index in [-0.39, 0.29) is 43.6 Å². The predicted octanol–water partition coefficient (Wildman–Crippen LogP) is 4.68. The fourth-order valence-electron chi connectivity index (χ4n) is 5.80. The molecular formula is C29H30F5N5O5. The van der Waals surface area contributed by atoms with Crippen molar-refractivity contribution in [3.63, 3.8) is 0 Å². The molecule has 1 aliphatic heterocycles. The summed E-state index contributed by atoms with van der Waals surface area (Å²) in [6.45, 7) is -0.0110. The maximum absolute atomic E-state index is 14.0. The van der Waals surface area contributed by atoms with Gasteiger partial charge in [0.1, 0.15) is 12.6 Å². The summed E-state index contributed by atoms with van der Waals surface area (Å²) in [7, 11) is 0.982. The first-order valence-electron chi connectivity index (χ1n) is 14.0. The van der Waals surface area contributed by atoms with Crippen LogP contribution in [0.1, 0.15) is 55.1 Å². The first kappa shape index (κ1) is 31.1. The van der Waals surface area contributed by atoms with Crippen LogP contribution >= 0.6 is 0 Å². The first-order chi connectivity index (χ1) is 20.8. The van der Waals surface area contributed by atoms with E-state index in [2.05, 4.69) is 15.4 Å². The Morgan fingerprint density at radius 3 is 2.48 bits per heavy atom. The van der Waals surface area contributed by atoms with Crippen LogP contribution in [0.5, 0.6) is 0 Å². The number of alkyl halides is 5. The normalized spacial score (nSPS) is 22.8. The molecule has 1 aliphatic carbocycles. The van der Waals surface area contributed by atoms with Gasteiger partial charge in [-0.2, -0.15) is 18.3 Å². The van der Waals surface area contributed by atoms with Gasteiger partial charge in [-0.15, -0.1) is 0 Å². The number of carbonyl (C=O) groups excluding carboxylic acids is 3. The molecule has 236 valence electrons. The Morgan fingerprint density at radius 1 is 1.14 bits per heavy atom. The topological polar surface area (TPSA) is 124 Å². The molecule has 2 fully saturated rings. The van der Waals surface area contributed by atoms with E-state index in [4.69, 9.17) is 9.47 Å². The Kier molecular flexibility index (Phi) is 8.49. The van der Waals surface area contributed by atoms with Crippen molar-refractivity contribution < 1.29 is 45.8 Å².